The fourth-order valence-electron chi connectivity index (χ4n) is 1.86. The summed E-state index contributed by atoms with van der Waals surface area (Å²) in [7, 11) is -3.87. The van der Waals surface area contributed by atoms with E-state index in [1.807, 2.05) is 0 Å². The van der Waals surface area contributed by atoms with Crippen molar-refractivity contribution in [2.45, 2.75) is 5.03 Å². The lowest BCUT2D eigenvalue weighted by molar-refractivity contribution is 0.260. The van der Waals surface area contributed by atoms with Crippen LogP contribution in [0.4, 0.5) is 0 Å². The van der Waals surface area contributed by atoms with E-state index in [0.29, 0.717) is 5.65 Å². The van der Waals surface area contributed by atoms with Gasteiger partial charge in [-0.15, -0.1) is 6.58 Å². The molecule has 0 bridgehead atoms. The molecule has 0 unspecified atom stereocenters. The summed E-state index contributed by atoms with van der Waals surface area (Å²) in [5, 5.41) is 8.81. The molecule has 0 fully saturated rings. The van der Waals surface area contributed by atoms with Gasteiger partial charge in [0, 0.05) is 19.3 Å². The third kappa shape index (κ3) is 2.57. The summed E-state index contributed by atoms with van der Waals surface area (Å²) in [6, 6.07) is 5.09. The SMILES string of the molecule is C=CCN(CCO)S(=O)(=O)c1c(Cl)nc2ccccn12. The topological polar surface area (TPSA) is 74.9 Å². The lowest BCUT2D eigenvalue weighted by Crippen LogP contribution is -2.34. The Morgan fingerprint density at radius 2 is 2.25 bits per heavy atom. The van der Waals surface area contributed by atoms with Crippen molar-refractivity contribution in [3.8, 4) is 0 Å². The number of aromatic nitrogens is 2. The lowest BCUT2D eigenvalue weighted by Gasteiger charge is -2.19. The summed E-state index contributed by atoms with van der Waals surface area (Å²) in [5.74, 6) is 0. The molecule has 0 aliphatic heterocycles. The Balaban J connectivity index is 2.61. The zero-order valence-corrected chi connectivity index (χ0v) is 12.2. The number of nitrogens with zero attached hydrogens (tertiary/aromatic N) is 3. The standard InChI is InChI=1S/C12H14ClN3O3S/c1-2-6-15(8-9-17)20(18,19)12-11(13)14-10-5-3-4-7-16(10)12/h2-5,7,17H,1,6,8-9H2. The molecular weight excluding hydrogens is 302 g/mol. The van der Waals surface area contributed by atoms with E-state index in [-0.39, 0.29) is 29.9 Å². The molecule has 20 heavy (non-hydrogen) atoms. The molecule has 108 valence electrons. The Hall–Kier alpha value is -1.41. The monoisotopic (exact) mass is 315 g/mol. The predicted octanol–water partition coefficient (Wildman–Crippen LogP) is 1.16. The average molecular weight is 316 g/mol. The van der Waals surface area contributed by atoms with Crippen LogP contribution in [0.3, 0.4) is 0 Å². The smallest absolute Gasteiger partial charge is 0.262 e. The molecule has 6 nitrogen and oxygen atoms in total. The third-order valence-corrected chi connectivity index (χ3v) is 4.98. The summed E-state index contributed by atoms with van der Waals surface area (Å²) < 4.78 is 27.8. The van der Waals surface area contributed by atoms with Crippen LogP contribution >= 0.6 is 11.6 Å². The number of halogens is 1. The van der Waals surface area contributed by atoms with Gasteiger partial charge < -0.3 is 5.11 Å². The summed E-state index contributed by atoms with van der Waals surface area (Å²) in [4.78, 5) is 4.02. The fourth-order valence-corrected chi connectivity index (χ4v) is 3.86. The van der Waals surface area contributed by atoms with Gasteiger partial charge in [-0.25, -0.2) is 13.4 Å². The van der Waals surface area contributed by atoms with Gasteiger partial charge in [-0.05, 0) is 12.1 Å². The molecule has 0 spiro atoms. The van der Waals surface area contributed by atoms with Crippen molar-refractivity contribution in [3.63, 3.8) is 0 Å². The van der Waals surface area contributed by atoms with Crippen LogP contribution in [0.2, 0.25) is 5.15 Å². The first-order valence-electron chi connectivity index (χ1n) is 5.87. The maximum absolute atomic E-state index is 12.6. The van der Waals surface area contributed by atoms with E-state index in [1.165, 1.54) is 10.5 Å². The fraction of sp³-hybridized carbons (Fsp3) is 0.250. The molecule has 2 heterocycles. The first kappa shape index (κ1) is 15.0. The van der Waals surface area contributed by atoms with Crippen molar-refractivity contribution < 1.29 is 13.5 Å². The van der Waals surface area contributed by atoms with Crippen LogP contribution in [0.5, 0.6) is 0 Å². The second-order valence-corrected chi connectivity index (χ2v) is 6.22. The van der Waals surface area contributed by atoms with E-state index in [4.69, 9.17) is 16.7 Å². The highest BCUT2D eigenvalue weighted by Gasteiger charge is 2.30. The minimum Gasteiger partial charge on any atom is -0.395 e. The van der Waals surface area contributed by atoms with Crippen molar-refractivity contribution >= 4 is 27.3 Å². The Kier molecular flexibility index (Phi) is 4.44. The largest absolute Gasteiger partial charge is 0.395 e. The van der Waals surface area contributed by atoms with Gasteiger partial charge in [0.2, 0.25) is 0 Å². The summed E-state index contributed by atoms with van der Waals surface area (Å²) in [6.07, 6.45) is 3.02. The Labute approximate surface area is 122 Å². The Bertz CT molecular complexity index is 727. The van der Waals surface area contributed by atoms with Gasteiger partial charge >= 0.3 is 0 Å². The van der Waals surface area contributed by atoms with E-state index in [0.717, 1.165) is 4.31 Å². The molecule has 0 amide bonds. The van der Waals surface area contributed by atoms with Gasteiger partial charge in [-0.3, -0.25) is 4.40 Å². The van der Waals surface area contributed by atoms with Gasteiger partial charge in [-0.2, -0.15) is 4.31 Å². The predicted molar refractivity (Wildman–Crippen MR) is 76.2 cm³/mol. The third-order valence-electron chi connectivity index (χ3n) is 2.71. The Morgan fingerprint density at radius 1 is 1.50 bits per heavy atom. The van der Waals surface area contributed by atoms with Crippen molar-refractivity contribution in [2.24, 2.45) is 0 Å². The Morgan fingerprint density at radius 3 is 2.90 bits per heavy atom. The molecule has 0 aliphatic rings. The summed E-state index contributed by atoms with van der Waals surface area (Å²) >= 11 is 5.97. The zero-order valence-electron chi connectivity index (χ0n) is 10.6. The van der Waals surface area contributed by atoms with Crippen LogP contribution in [-0.4, -0.2) is 46.9 Å². The molecule has 2 aromatic rings. The number of hydrogen-bond acceptors (Lipinski definition) is 4. The molecule has 0 aliphatic carbocycles. The quantitative estimate of drug-likeness (QED) is 0.812. The highest BCUT2D eigenvalue weighted by atomic mass is 35.5. The van der Waals surface area contributed by atoms with Crippen LogP contribution in [0, 0.1) is 0 Å². The molecule has 2 rings (SSSR count). The minimum atomic E-state index is -3.87. The first-order valence-corrected chi connectivity index (χ1v) is 7.68. The van der Waals surface area contributed by atoms with Crippen LogP contribution in [0.25, 0.3) is 5.65 Å². The lowest BCUT2D eigenvalue weighted by atomic mass is 10.5. The van der Waals surface area contributed by atoms with E-state index in [2.05, 4.69) is 11.6 Å². The van der Waals surface area contributed by atoms with Gasteiger partial charge in [0.15, 0.2) is 10.2 Å². The highest BCUT2D eigenvalue weighted by molar-refractivity contribution is 7.89. The van der Waals surface area contributed by atoms with E-state index < -0.39 is 10.0 Å². The van der Waals surface area contributed by atoms with E-state index in [9.17, 15) is 8.42 Å². The van der Waals surface area contributed by atoms with Gasteiger partial charge in [0.1, 0.15) is 5.65 Å². The molecule has 0 radical (unpaired) electrons. The number of aliphatic hydroxyl groups is 1. The molecule has 0 saturated heterocycles. The van der Waals surface area contributed by atoms with Crippen molar-refractivity contribution in [2.75, 3.05) is 19.7 Å². The maximum Gasteiger partial charge on any atom is 0.262 e. The van der Waals surface area contributed by atoms with Crippen LogP contribution in [-0.2, 0) is 10.0 Å². The first-order chi connectivity index (χ1) is 9.52. The van der Waals surface area contributed by atoms with Crippen LogP contribution < -0.4 is 0 Å². The minimum absolute atomic E-state index is 0.0370. The number of pyridine rings is 1. The maximum atomic E-state index is 12.6. The van der Waals surface area contributed by atoms with Gasteiger partial charge in [0.25, 0.3) is 10.0 Å². The van der Waals surface area contributed by atoms with E-state index in [1.54, 1.807) is 24.4 Å². The number of aliphatic hydroxyl groups excluding tert-OH is 1. The summed E-state index contributed by atoms with van der Waals surface area (Å²) in [5.41, 5.74) is 0.443. The van der Waals surface area contributed by atoms with Crippen LogP contribution in [0.1, 0.15) is 0 Å². The van der Waals surface area contributed by atoms with Gasteiger partial charge in [-0.1, -0.05) is 23.7 Å². The summed E-state index contributed by atoms with van der Waals surface area (Å²) in [6.45, 7) is 3.27. The van der Waals surface area contributed by atoms with Crippen molar-refractivity contribution in [1.82, 2.24) is 13.7 Å². The van der Waals surface area contributed by atoms with E-state index >= 15 is 0 Å². The zero-order chi connectivity index (χ0) is 14.8. The molecule has 1 N–H and O–H groups in total. The van der Waals surface area contributed by atoms with Crippen molar-refractivity contribution in [1.29, 1.82) is 0 Å². The molecule has 2 aromatic heterocycles. The normalized spacial score (nSPS) is 12.2. The van der Waals surface area contributed by atoms with Gasteiger partial charge in [0.05, 0.1) is 6.61 Å². The van der Waals surface area contributed by atoms with Crippen molar-refractivity contribution in [3.05, 3.63) is 42.2 Å². The number of sulfonamides is 1. The molecule has 0 saturated carbocycles. The number of imidazole rings is 1. The van der Waals surface area contributed by atoms with Crippen LogP contribution in [0.15, 0.2) is 42.1 Å². The molecule has 8 heteroatoms. The second-order valence-electron chi connectivity index (χ2n) is 4.01. The number of rotatable bonds is 6. The molecule has 0 aromatic carbocycles. The second kappa shape index (κ2) is 5.92. The average Bonchev–Trinajstić information content (AvgIpc) is 2.74. The number of hydrogen-bond donors (Lipinski definition) is 1. The molecular formula is C12H14ClN3O3S. The highest BCUT2D eigenvalue weighted by Crippen LogP contribution is 2.25. The number of fused-ring (bicyclic) bond motifs is 1. The molecule has 0 atom stereocenters.